The van der Waals surface area contributed by atoms with Crippen LogP contribution < -0.4 is 5.73 Å². The van der Waals surface area contributed by atoms with E-state index in [4.69, 9.17) is 10.8 Å². The molecule has 0 amide bonds. The number of hydrogen-bond acceptors (Lipinski definition) is 3. The number of aliphatic hydroxyl groups excluding tert-OH is 1. The van der Waals surface area contributed by atoms with E-state index in [0.29, 0.717) is 5.25 Å². The van der Waals surface area contributed by atoms with E-state index in [-0.39, 0.29) is 6.61 Å². The molecule has 0 aliphatic heterocycles. The van der Waals surface area contributed by atoms with Crippen LogP contribution >= 0.6 is 11.8 Å². The smallest absolute Gasteiger partial charge is 0.0608 e. The van der Waals surface area contributed by atoms with Crippen LogP contribution in [0.5, 0.6) is 0 Å². The fraction of sp³-hybridized carbons (Fsp3) is 1.00. The van der Waals surface area contributed by atoms with Gasteiger partial charge in [0.15, 0.2) is 0 Å². The summed E-state index contributed by atoms with van der Waals surface area (Å²) < 4.78 is 0. The molecule has 2 nitrogen and oxygen atoms in total. The summed E-state index contributed by atoms with van der Waals surface area (Å²) in [5.41, 5.74) is 5.48. The van der Waals surface area contributed by atoms with Gasteiger partial charge in [-0.1, -0.05) is 27.2 Å². The van der Waals surface area contributed by atoms with E-state index >= 15 is 0 Å². The summed E-state index contributed by atoms with van der Waals surface area (Å²) in [7, 11) is 0. The summed E-state index contributed by atoms with van der Waals surface area (Å²) in [5.74, 6) is 1.97. The van der Waals surface area contributed by atoms with Crippen molar-refractivity contribution in [3.05, 3.63) is 0 Å². The van der Waals surface area contributed by atoms with Crippen molar-refractivity contribution >= 4 is 11.8 Å². The molecule has 3 unspecified atom stereocenters. The van der Waals surface area contributed by atoms with Crippen LogP contribution in [-0.2, 0) is 0 Å². The first-order valence-electron chi connectivity index (χ1n) is 5.42. The molecule has 0 saturated carbocycles. The summed E-state index contributed by atoms with van der Waals surface area (Å²) >= 11 is 1.96. The molecule has 86 valence electrons. The third kappa shape index (κ3) is 6.68. The molecule has 0 bridgehead atoms. The molecule has 0 spiro atoms. The Labute approximate surface area is 92.6 Å². The van der Waals surface area contributed by atoms with Crippen molar-refractivity contribution in [2.24, 2.45) is 11.7 Å². The second-order valence-corrected chi connectivity index (χ2v) is 6.15. The Morgan fingerprint density at radius 2 is 2.00 bits per heavy atom. The molecule has 0 aromatic rings. The fourth-order valence-corrected chi connectivity index (χ4v) is 2.62. The molecule has 0 aliphatic rings. The van der Waals surface area contributed by atoms with Crippen molar-refractivity contribution in [1.29, 1.82) is 0 Å². The van der Waals surface area contributed by atoms with E-state index in [2.05, 4.69) is 20.8 Å². The Bertz CT molecular complexity index is 150. The summed E-state index contributed by atoms with van der Waals surface area (Å²) in [6.07, 6.45) is 2.12. The molecule has 0 heterocycles. The number of nitrogens with two attached hydrogens (primary N) is 1. The van der Waals surface area contributed by atoms with Gasteiger partial charge in [-0.3, -0.25) is 0 Å². The minimum Gasteiger partial charge on any atom is -0.394 e. The number of hydrogen-bond donors (Lipinski definition) is 2. The lowest BCUT2D eigenvalue weighted by molar-refractivity contribution is 0.201. The lowest BCUT2D eigenvalue weighted by Crippen LogP contribution is -2.42. The van der Waals surface area contributed by atoms with Gasteiger partial charge in [0.1, 0.15) is 0 Å². The van der Waals surface area contributed by atoms with Crippen molar-refractivity contribution in [3.63, 3.8) is 0 Å². The zero-order valence-corrected chi connectivity index (χ0v) is 10.7. The van der Waals surface area contributed by atoms with Crippen LogP contribution in [0.3, 0.4) is 0 Å². The SMILES string of the molecule is CCC(C)CSC(C)CC(C)(N)CO. The highest BCUT2D eigenvalue weighted by molar-refractivity contribution is 7.99. The van der Waals surface area contributed by atoms with Gasteiger partial charge >= 0.3 is 0 Å². The Hall–Kier alpha value is 0.270. The van der Waals surface area contributed by atoms with E-state index < -0.39 is 5.54 Å². The third-order valence-electron chi connectivity index (χ3n) is 2.48. The molecule has 0 aliphatic carbocycles. The van der Waals surface area contributed by atoms with Crippen LogP contribution in [0.2, 0.25) is 0 Å². The maximum atomic E-state index is 9.03. The van der Waals surface area contributed by atoms with E-state index in [1.807, 2.05) is 18.7 Å². The molecule has 0 rings (SSSR count). The Kier molecular flexibility index (Phi) is 6.83. The maximum Gasteiger partial charge on any atom is 0.0608 e. The van der Waals surface area contributed by atoms with Gasteiger partial charge in [0.05, 0.1) is 6.61 Å². The number of rotatable bonds is 7. The molecule has 3 heteroatoms. The molecule has 0 radical (unpaired) electrons. The minimum atomic E-state index is -0.415. The highest BCUT2D eigenvalue weighted by atomic mass is 32.2. The standard InChI is InChI=1S/C11H25NOS/c1-5-9(2)7-14-10(3)6-11(4,12)8-13/h9-10,13H,5-8,12H2,1-4H3. The Balaban J connectivity index is 3.70. The fourth-order valence-electron chi connectivity index (χ4n) is 1.23. The molecule has 0 aromatic heterocycles. The number of thioether (sulfide) groups is 1. The van der Waals surface area contributed by atoms with E-state index in [1.165, 1.54) is 12.2 Å². The second-order valence-electron chi connectivity index (χ2n) is 4.67. The molecular weight excluding hydrogens is 194 g/mol. The highest BCUT2D eigenvalue weighted by Crippen LogP contribution is 2.22. The summed E-state index contributed by atoms with van der Waals surface area (Å²) in [5, 5.41) is 9.57. The van der Waals surface area contributed by atoms with Gasteiger partial charge < -0.3 is 10.8 Å². The first-order chi connectivity index (χ1) is 6.41. The summed E-state index contributed by atoms with van der Waals surface area (Å²) in [4.78, 5) is 0. The van der Waals surface area contributed by atoms with E-state index in [9.17, 15) is 0 Å². The molecule has 0 saturated heterocycles. The van der Waals surface area contributed by atoms with Gasteiger partial charge in [0, 0.05) is 10.8 Å². The van der Waals surface area contributed by atoms with Crippen LogP contribution in [0.4, 0.5) is 0 Å². The second kappa shape index (κ2) is 6.70. The monoisotopic (exact) mass is 219 g/mol. The predicted molar refractivity (Wildman–Crippen MR) is 65.7 cm³/mol. The van der Waals surface area contributed by atoms with Crippen molar-refractivity contribution < 1.29 is 5.11 Å². The van der Waals surface area contributed by atoms with Crippen LogP contribution in [-0.4, -0.2) is 28.3 Å². The lowest BCUT2D eigenvalue weighted by atomic mass is 9.99. The van der Waals surface area contributed by atoms with E-state index in [0.717, 1.165) is 12.3 Å². The quantitative estimate of drug-likeness (QED) is 0.690. The van der Waals surface area contributed by atoms with Crippen LogP contribution in [0, 0.1) is 5.92 Å². The molecule has 0 fully saturated rings. The van der Waals surface area contributed by atoms with Gasteiger partial charge in [-0.2, -0.15) is 11.8 Å². The van der Waals surface area contributed by atoms with Gasteiger partial charge in [-0.15, -0.1) is 0 Å². The zero-order chi connectivity index (χ0) is 11.2. The lowest BCUT2D eigenvalue weighted by Gasteiger charge is -2.25. The van der Waals surface area contributed by atoms with Crippen molar-refractivity contribution in [3.8, 4) is 0 Å². The van der Waals surface area contributed by atoms with E-state index in [1.54, 1.807) is 0 Å². The average molecular weight is 219 g/mol. The zero-order valence-electron chi connectivity index (χ0n) is 9.92. The Morgan fingerprint density at radius 1 is 1.43 bits per heavy atom. The van der Waals surface area contributed by atoms with Gasteiger partial charge in [-0.25, -0.2) is 0 Å². The Morgan fingerprint density at radius 3 is 2.43 bits per heavy atom. The van der Waals surface area contributed by atoms with Crippen molar-refractivity contribution in [1.82, 2.24) is 0 Å². The predicted octanol–water partition coefficient (Wildman–Crippen LogP) is 2.25. The number of aliphatic hydroxyl groups is 1. The first-order valence-corrected chi connectivity index (χ1v) is 6.47. The average Bonchev–Trinajstić information content (AvgIpc) is 2.13. The van der Waals surface area contributed by atoms with Crippen molar-refractivity contribution in [2.75, 3.05) is 12.4 Å². The minimum absolute atomic E-state index is 0.0707. The van der Waals surface area contributed by atoms with Crippen LogP contribution in [0.1, 0.15) is 40.5 Å². The van der Waals surface area contributed by atoms with Gasteiger partial charge in [0.2, 0.25) is 0 Å². The molecular formula is C11H25NOS. The first kappa shape index (κ1) is 14.3. The summed E-state index contributed by atoms with van der Waals surface area (Å²) in [6, 6.07) is 0. The van der Waals surface area contributed by atoms with Crippen LogP contribution in [0.25, 0.3) is 0 Å². The molecule has 14 heavy (non-hydrogen) atoms. The highest BCUT2D eigenvalue weighted by Gasteiger charge is 2.20. The van der Waals surface area contributed by atoms with Gasteiger partial charge in [-0.05, 0) is 25.0 Å². The topological polar surface area (TPSA) is 46.2 Å². The van der Waals surface area contributed by atoms with Gasteiger partial charge in [0.25, 0.3) is 0 Å². The largest absolute Gasteiger partial charge is 0.394 e. The third-order valence-corrected chi connectivity index (χ3v) is 3.97. The molecule has 3 atom stereocenters. The normalized spacial score (nSPS) is 20.1. The molecule has 0 aromatic carbocycles. The van der Waals surface area contributed by atoms with Crippen molar-refractivity contribution in [2.45, 2.75) is 51.3 Å². The molecule has 3 N–H and O–H groups in total. The maximum absolute atomic E-state index is 9.03. The van der Waals surface area contributed by atoms with Crippen LogP contribution in [0.15, 0.2) is 0 Å². The summed E-state index contributed by atoms with van der Waals surface area (Å²) in [6.45, 7) is 8.66.